The van der Waals surface area contributed by atoms with Crippen LogP contribution in [-0.4, -0.2) is 52.3 Å². The third-order valence-electron chi connectivity index (χ3n) is 5.70. The number of amides is 1. The van der Waals surface area contributed by atoms with Crippen molar-refractivity contribution >= 4 is 38.8 Å². The number of benzene rings is 2. The van der Waals surface area contributed by atoms with Crippen LogP contribution in [0.4, 0.5) is 17.3 Å². The number of anilines is 3. The highest BCUT2D eigenvalue weighted by atomic mass is 32.2. The molecular formula is C26H31N5O3S. The minimum Gasteiger partial charge on any atom is -0.379 e. The van der Waals surface area contributed by atoms with Gasteiger partial charge in [0.05, 0.1) is 33.6 Å². The number of carbonyl (C=O) groups is 1. The second-order valence-electron chi connectivity index (χ2n) is 8.71. The molecule has 1 atom stereocenters. The molecule has 2 aromatic carbocycles. The zero-order valence-corrected chi connectivity index (χ0v) is 21.1. The molecule has 0 saturated carbocycles. The summed E-state index contributed by atoms with van der Waals surface area (Å²) in [5.74, 6) is 4.29. The first kappa shape index (κ1) is 24.8. The maximum Gasteiger partial charge on any atom is 0.231 e. The lowest BCUT2D eigenvalue weighted by molar-refractivity contribution is -0.117. The molecule has 4 rings (SSSR count). The van der Waals surface area contributed by atoms with Crippen LogP contribution < -0.4 is 14.9 Å². The van der Waals surface area contributed by atoms with Crippen molar-refractivity contribution in [2.45, 2.75) is 37.7 Å². The summed E-state index contributed by atoms with van der Waals surface area (Å²) in [4.78, 5) is 24.0. The number of aromatic nitrogens is 2. The molecule has 0 saturated heterocycles. The fraction of sp³-hybridized carbons (Fsp3) is 0.308. The van der Waals surface area contributed by atoms with Crippen LogP contribution in [0.3, 0.4) is 0 Å². The predicted molar refractivity (Wildman–Crippen MR) is 142 cm³/mol. The second kappa shape index (κ2) is 10.6. The summed E-state index contributed by atoms with van der Waals surface area (Å²) >= 11 is 0. The molecular weight excluding hydrogens is 462 g/mol. The van der Waals surface area contributed by atoms with Crippen molar-refractivity contribution in [3.05, 3.63) is 60.3 Å². The van der Waals surface area contributed by atoms with Gasteiger partial charge in [-0.25, -0.2) is 18.9 Å². The molecule has 2 heterocycles. The van der Waals surface area contributed by atoms with Gasteiger partial charge in [-0.3, -0.25) is 4.79 Å². The number of carbonyl (C=O) groups excluding carboxylic acids is 1. The lowest BCUT2D eigenvalue weighted by Gasteiger charge is -2.17. The Kier molecular flexibility index (Phi) is 7.49. The van der Waals surface area contributed by atoms with E-state index in [1.165, 1.54) is 0 Å². The van der Waals surface area contributed by atoms with Gasteiger partial charge in [0.25, 0.3) is 0 Å². The second-order valence-corrected chi connectivity index (χ2v) is 10.8. The largest absolute Gasteiger partial charge is 0.379 e. The van der Waals surface area contributed by atoms with E-state index in [4.69, 9.17) is 9.72 Å². The smallest absolute Gasteiger partial charge is 0.231 e. The number of ether oxygens (including phenoxy) is 1. The van der Waals surface area contributed by atoms with Gasteiger partial charge in [0.2, 0.25) is 11.9 Å². The normalized spacial score (nSPS) is 14.7. The molecule has 1 aromatic heterocycles. The number of rotatable bonds is 9. The molecule has 0 radical (unpaired) electrons. The van der Waals surface area contributed by atoms with E-state index in [0.29, 0.717) is 24.0 Å². The molecule has 3 aromatic rings. The zero-order valence-electron chi connectivity index (χ0n) is 20.3. The third kappa shape index (κ3) is 5.87. The van der Waals surface area contributed by atoms with E-state index >= 15 is 0 Å². The lowest BCUT2D eigenvalue weighted by atomic mass is 10.1. The summed E-state index contributed by atoms with van der Waals surface area (Å²) in [6, 6.07) is 14.9. The van der Waals surface area contributed by atoms with Crippen molar-refractivity contribution in [2.75, 3.05) is 30.4 Å². The summed E-state index contributed by atoms with van der Waals surface area (Å²) in [7, 11) is -0.838. The Labute approximate surface area is 206 Å². The molecule has 184 valence electrons. The quantitative estimate of drug-likeness (QED) is 0.348. The maximum atomic E-state index is 13.0. The van der Waals surface area contributed by atoms with Crippen LogP contribution in [-0.2, 0) is 25.7 Å². The highest BCUT2D eigenvalue weighted by molar-refractivity contribution is 7.98. The Morgan fingerprint density at radius 3 is 2.66 bits per heavy atom. The van der Waals surface area contributed by atoms with Crippen LogP contribution in [0, 0.1) is 0 Å². The topological polar surface area (TPSA) is 96.4 Å². The van der Waals surface area contributed by atoms with Crippen molar-refractivity contribution in [3.8, 4) is 11.3 Å². The number of nitrogens with one attached hydrogen (secondary N) is 2. The summed E-state index contributed by atoms with van der Waals surface area (Å²) in [5, 5.41) is 3.21. The van der Waals surface area contributed by atoms with Crippen molar-refractivity contribution in [1.82, 2.24) is 14.7 Å². The number of likely N-dealkylation sites (N-methyl/N-ethyl adjacent to an activating group) is 1. The monoisotopic (exact) mass is 493 g/mol. The predicted octanol–water partition coefficient (Wildman–Crippen LogP) is 3.80. The zero-order chi connectivity index (χ0) is 25.0. The molecule has 0 bridgehead atoms. The Bertz CT molecular complexity index is 1310. The Morgan fingerprint density at radius 2 is 1.91 bits per heavy atom. The SMILES string of the molecule is C=S(=O)(NCCCOC(C)C)c1ccc(Nc2ncc3c(n2)-c2ccccc2N(C)C(=O)C3)cc1. The maximum absolute atomic E-state index is 13.0. The summed E-state index contributed by atoms with van der Waals surface area (Å²) in [5.41, 5.74) is 3.98. The molecule has 2 N–H and O–H groups in total. The molecule has 8 nitrogen and oxygen atoms in total. The van der Waals surface area contributed by atoms with E-state index in [-0.39, 0.29) is 18.4 Å². The van der Waals surface area contributed by atoms with Gasteiger partial charge >= 0.3 is 0 Å². The van der Waals surface area contributed by atoms with Gasteiger partial charge in [-0.05, 0) is 56.5 Å². The minimum absolute atomic E-state index is 0.00562. The van der Waals surface area contributed by atoms with Crippen LogP contribution in [0.1, 0.15) is 25.8 Å². The number of hydrogen-bond acceptors (Lipinski definition) is 6. The standard InChI is InChI=1S/C26H31N5O3S/c1-18(2)34-15-7-14-28-35(4,33)21-12-10-20(11-13-21)29-26-27-17-19-16-24(32)31(3)23-9-6-5-8-22(23)25(19)30-26/h5-6,8-13,17-18H,4,7,14-16H2,1-3H3,(H,28,33)(H,27,29,30). The van der Waals surface area contributed by atoms with E-state index in [1.54, 1.807) is 30.3 Å². The molecule has 0 aliphatic carbocycles. The van der Waals surface area contributed by atoms with Crippen LogP contribution in [0.15, 0.2) is 59.6 Å². The summed E-state index contributed by atoms with van der Waals surface area (Å²) in [6.45, 7) is 5.14. The van der Waals surface area contributed by atoms with Gasteiger partial charge in [-0.2, -0.15) is 0 Å². The molecule has 1 aliphatic rings. The number of nitrogens with zero attached hydrogens (tertiary/aromatic N) is 3. The molecule has 1 aliphatic heterocycles. The molecule has 1 amide bonds. The Hall–Kier alpha value is -3.27. The number of para-hydroxylation sites is 1. The highest BCUT2D eigenvalue weighted by Crippen LogP contribution is 2.35. The molecule has 0 spiro atoms. The van der Waals surface area contributed by atoms with Crippen LogP contribution >= 0.6 is 0 Å². The fourth-order valence-electron chi connectivity index (χ4n) is 3.81. The van der Waals surface area contributed by atoms with E-state index in [0.717, 1.165) is 34.6 Å². The van der Waals surface area contributed by atoms with E-state index in [1.807, 2.05) is 50.2 Å². The molecule has 9 heteroatoms. The van der Waals surface area contributed by atoms with Crippen molar-refractivity contribution in [3.63, 3.8) is 0 Å². The average Bonchev–Trinajstić information content (AvgIpc) is 2.94. The first-order chi connectivity index (χ1) is 16.7. The first-order valence-corrected chi connectivity index (χ1v) is 13.3. The van der Waals surface area contributed by atoms with Crippen molar-refractivity contribution < 1.29 is 13.7 Å². The number of fused-ring (bicyclic) bond motifs is 3. The van der Waals surface area contributed by atoms with Crippen molar-refractivity contribution in [1.29, 1.82) is 0 Å². The van der Waals surface area contributed by atoms with Gasteiger partial charge in [0, 0.05) is 48.1 Å². The summed E-state index contributed by atoms with van der Waals surface area (Å²) < 4.78 is 21.5. The van der Waals surface area contributed by atoms with E-state index in [9.17, 15) is 9.00 Å². The van der Waals surface area contributed by atoms with Crippen LogP contribution in [0.2, 0.25) is 0 Å². The Morgan fingerprint density at radius 1 is 1.17 bits per heavy atom. The van der Waals surface area contributed by atoms with Gasteiger partial charge < -0.3 is 15.0 Å². The van der Waals surface area contributed by atoms with Gasteiger partial charge in [-0.1, -0.05) is 18.2 Å². The molecule has 1 unspecified atom stereocenters. The molecule has 35 heavy (non-hydrogen) atoms. The number of hydrogen-bond donors (Lipinski definition) is 2. The van der Waals surface area contributed by atoms with Crippen molar-refractivity contribution in [2.24, 2.45) is 0 Å². The first-order valence-electron chi connectivity index (χ1n) is 11.6. The lowest BCUT2D eigenvalue weighted by Crippen LogP contribution is -2.26. The third-order valence-corrected chi connectivity index (χ3v) is 7.40. The van der Waals surface area contributed by atoms with E-state index < -0.39 is 9.71 Å². The van der Waals surface area contributed by atoms with Gasteiger partial charge in [-0.15, -0.1) is 0 Å². The minimum atomic E-state index is -2.61. The molecule has 0 fully saturated rings. The fourth-order valence-corrected chi connectivity index (χ4v) is 5.03. The Balaban J connectivity index is 1.48. The highest BCUT2D eigenvalue weighted by Gasteiger charge is 2.24. The van der Waals surface area contributed by atoms with Gasteiger partial charge in [0.15, 0.2) is 0 Å². The summed E-state index contributed by atoms with van der Waals surface area (Å²) in [6.07, 6.45) is 2.87. The van der Waals surface area contributed by atoms with Gasteiger partial charge in [0.1, 0.15) is 0 Å². The van der Waals surface area contributed by atoms with E-state index in [2.05, 4.69) is 20.9 Å². The van der Waals surface area contributed by atoms with Crippen LogP contribution in [0.25, 0.3) is 11.3 Å². The average molecular weight is 494 g/mol. The van der Waals surface area contributed by atoms with Crippen LogP contribution in [0.5, 0.6) is 0 Å².